The molecule has 4 aromatic rings. The van der Waals surface area contributed by atoms with Crippen molar-refractivity contribution in [3.8, 4) is 17.2 Å². The third kappa shape index (κ3) is 6.22. The number of rotatable bonds is 11. The maximum atomic E-state index is 14.4. The Balaban J connectivity index is 1.23. The molecule has 5 rings (SSSR count). The molecular formula is C30H28F3N3O6S. The van der Waals surface area contributed by atoms with Gasteiger partial charge in [0.05, 0.1) is 23.6 Å². The zero-order valence-electron chi connectivity index (χ0n) is 23.3. The van der Waals surface area contributed by atoms with Gasteiger partial charge < -0.3 is 14.3 Å². The fraction of sp³-hybridized carbons (Fsp3) is 0.267. The van der Waals surface area contributed by atoms with Gasteiger partial charge in [-0.05, 0) is 55.7 Å². The number of ether oxygens (including phenoxy) is 1. The van der Waals surface area contributed by atoms with Crippen molar-refractivity contribution in [3.63, 3.8) is 0 Å². The van der Waals surface area contributed by atoms with Crippen molar-refractivity contribution < 1.29 is 40.6 Å². The summed E-state index contributed by atoms with van der Waals surface area (Å²) in [6.45, 7) is 2.23. The number of para-hydroxylation sites is 1. The van der Waals surface area contributed by atoms with Crippen molar-refractivity contribution in [2.45, 2.75) is 33.2 Å². The maximum Gasteiger partial charge on any atom is 0.318 e. The molecule has 9 nitrogen and oxygen atoms in total. The number of aromatic nitrogens is 1. The summed E-state index contributed by atoms with van der Waals surface area (Å²) in [4.78, 5) is 15.7. The minimum Gasteiger partial charge on any atom is -0.493 e. The molecule has 1 N–H and O–H groups in total. The summed E-state index contributed by atoms with van der Waals surface area (Å²) in [6, 6.07) is 14.5. The Hall–Kier alpha value is -4.36. The SMILES string of the molecule is Cc1oc(-c2cc(F)c(C)c(F)c2F)nc1CCOc1ccc(CN(CC(=O)O)S(=O)(=O)N2CCc3ccccc32)cc1. The Morgan fingerprint density at radius 3 is 2.53 bits per heavy atom. The fourth-order valence-electron chi connectivity index (χ4n) is 4.83. The van der Waals surface area contributed by atoms with E-state index in [1.54, 1.807) is 43.3 Å². The quantitative estimate of drug-likeness (QED) is 0.231. The molecule has 0 saturated heterocycles. The molecule has 0 amide bonds. The largest absolute Gasteiger partial charge is 0.493 e. The molecule has 3 aromatic carbocycles. The molecule has 0 atom stereocenters. The number of carboxylic acid groups (broad SMARTS) is 1. The highest BCUT2D eigenvalue weighted by Crippen LogP contribution is 2.32. The van der Waals surface area contributed by atoms with Crippen molar-refractivity contribution in [1.82, 2.24) is 9.29 Å². The summed E-state index contributed by atoms with van der Waals surface area (Å²) in [5.41, 5.74) is 1.55. The van der Waals surface area contributed by atoms with E-state index in [0.717, 1.165) is 22.9 Å². The molecule has 0 bridgehead atoms. The van der Waals surface area contributed by atoms with E-state index in [2.05, 4.69) is 4.98 Å². The van der Waals surface area contributed by atoms with Gasteiger partial charge in [-0.2, -0.15) is 12.7 Å². The summed E-state index contributed by atoms with van der Waals surface area (Å²) >= 11 is 0. The number of hydrogen-bond donors (Lipinski definition) is 1. The molecule has 0 radical (unpaired) electrons. The minimum absolute atomic E-state index is 0.138. The van der Waals surface area contributed by atoms with Crippen molar-refractivity contribution in [1.29, 1.82) is 0 Å². The van der Waals surface area contributed by atoms with E-state index in [-0.39, 0.29) is 32.0 Å². The molecule has 1 aliphatic rings. The first-order chi connectivity index (χ1) is 20.5. The third-order valence-electron chi connectivity index (χ3n) is 7.16. The number of aryl methyl sites for hydroxylation is 1. The molecule has 0 fully saturated rings. The Bertz CT molecular complexity index is 1780. The summed E-state index contributed by atoms with van der Waals surface area (Å²) < 4.78 is 82.7. The molecule has 0 saturated carbocycles. The normalized spacial score (nSPS) is 13.0. The Kier molecular flexibility index (Phi) is 8.47. The van der Waals surface area contributed by atoms with Crippen molar-refractivity contribution in [3.05, 3.63) is 100 Å². The number of benzene rings is 3. The second-order valence-electron chi connectivity index (χ2n) is 10.0. The van der Waals surface area contributed by atoms with Crippen LogP contribution >= 0.6 is 0 Å². The van der Waals surface area contributed by atoms with Gasteiger partial charge in [-0.25, -0.2) is 18.2 Å². The monoisotopic (exact) mass is 615 g/mol. The number of halogens is 3. The van der Waals surface area contributed by atoms with Crippen molar-refractivity contribution in [2.75, 3.05) is 24.0 Å². The maximum absolute atomic E-state index is 14.4. The van der Waals surface area contributed by atoms with Crippen LogP contribution in [0.5, 0.6) is 5.75 Å². The van der Waals surface area contributed by atoms with Crippen LogP contribution in [-0.4, -0.2) is 48.5 Å². The lowest BCUT2D eigenvalue weighted by atomic mass is 10.1. The number of carbonyl (C=O) groups is 1. The smallest absolute Gasteiger partial charge is 0.318 e. The second kappa shape index (κ2) is 12.1. The average Bonchev–Trinajstić information content (AvgIpc) is 3.58. The molecular weight excluding hydrogens is 587 g/mol. The first-order valence-corrected chi connectivity index (χ1v) is 14.8. The van der Waals surface area contributed by atoms with Crippen LogP contribution in [0.3, 0.4) is 0 Å². The highest BCUT2D eigenvalue weighted by molar-refractivity contribution is 7.90. The number of aliphatic carboxylic acids is 1. The molecule has 226 valence electrons. The van der Waals surface area contributed by atoms with Gasteiger partial charge in [0.15, 0.2) is 11.6 Å². The molecule has 0 spiro atoms. The highest BCUT2D eigenvalue weighted by atomic mass is 32.2. The molecule has 13 heteroatoms. The lowest BCUT2D eigenvalue weighted by Gasteiger charge is -2.28. The lowest BCUT2D eigenvalue weighted by Crippen LogP contribution is -2.45. The number of nitrogens with zero attached hydrogens (tertiary/aromatic N) is 3. The Labute approximate surface area is 246 Å². The van der Waals surface area contributed by atoms with Crippen LogP contribution < -0.4 is 9.04 Å². The van der Waals surface area contributed by atoms with Crippen molar-refractivity contribution in [2.24, 2.45) is 0 Å². The Morgan fingerprint density at radius 1 is 1.09 bits per heavy atom. The van der Waals surface area contributed by atoms with E-state index < -0.39 is 51.3 Å². The van der Waals surface area contributed by atoms with Crippen LogP contribution in [0.2, 0.25) is 0 Å². The molecule has 1 aromatic heterocycles. The first kappa shape index (κ1) is 30.1. The van der Waals surface area contributed by atoms with Gasteiger partial charge in [0.2, 0.25) is 5.89 Å². The van der Waals surface area contributed by atoms with Crippen LogP contribution in [0.1, 0.15) is 28.1 Å². The van der Waals surface area contributed by atoms with E-state index in [1.807, 2.05) is 12.1 Å². The van der Waals surface area contributed by atoms with Crippen LogP contribution in [0.25, 0.3) is 11.5 Å². The number of fused-ring (bicyclic) bond motifs is 1. The summed E-state index contributed by atoms with van der Waals surface area (Å²) in [5, 5.41) is 9.42. The van der Waals surface area contributed by atoms with Gasteiger partial charge in [-0.3, -0.25) is 9.10 Å². The van der Waals surface area contributed by atoms with Crippen LogP contribution in [0, 0.1) is 31.3 Å². The Morgan fingerprint density at radius 2 is 1.81 bits per heavy atom. The molecule has 0 aliphatic carbocycles. The second-order valence-corrected chi connectivity index (χ2v) is 11.9. The topological polar surface area (TPSA) is 113 Å². The molecule has 2 heterocycles. The van der Waals surface area contributed by atoms with Crippen LogP contribution in [0.15, 0.2) is 59.0 Å². The summed E-state index contributed by atoms with van der Waals surface area (Å²) in [5.74, 6) is -4.18. The summed E-state index contributed by atoms with van der Waals surface area (Å²) in [7, 11) is -4.12. The lowest BCUT2D eigenvalue weighted by molar-refractivity contribution is -0.137. The minimum atomic E-state index is -4.12. The predicted molar refractivity (Wildman–Crippen MR) is 151 cm³/mol. The average molecular weight is 616 g/mol. The molecule has 1 aliphatic heterocycles. The van der Waals surface area contributed by atoms with E-state index in [0.29, 0.717) is 34.9 Å². The number of carboxylic acids is 1. The van der Waals surface area contributed by atoms with Gasteiger partial charge in [0.25, 0.3) is 0 Å². The van der Waals surface area contributed by atoms with E-state index in [4.69, 9.17) is 9.15 Å². The van der Waals surface area contributed by atoms with Crippen LogP contribution in [-0.2, 0) is 34.4 Å². The number of anilines is 1. The third-order valence-corrected chi connectivity index (χ3v) is 9.01. The standard InChI is InChI=1S/C30H28F3N3O6S/c1-18-24(31)15-23(29(33)28(18)32)30-34-25(19(2)42-30)12-14-41-22-9-7-20(8-10-22)16-35(17-27(37)38)43(39,40)36-13-11-21-5-3-4-6-26(21)36/h3-10,15H,11-14,16-17H2,1-2H3,(H,37,38). The van der Waals surface area contributed by atoms with Crippen LogP contribution in [0.4, 0.5) is 18.9 Å². The first-order valence-electron chi connectivity index (χ1n) is 13.4. The molecule has 43 heavy (non-hydrogen) atoms. The summed E-state index contributed by atoms with van der Waals surface area (Å²) in [6.07, 6.45) is 0.787. The predicted octanol–water partition coefficient (Wildman–Crippen LogP) is 5.19. The zero-order valence-corrected chi connectivity index (χ0v) is 24.1. The van der Waals surface area contributed by atoms with Gasteiger partial charge in [0, 0.05) is 25.1 Å². The van der Waals surface area contributed by atoms with E-state index >= 15 is 0 Å². The van der Waals surface area contributed by atoms with E-state index in [1.165, 1.54) is 4.31 Å². The van der Waals surface area contributed by atoms with E-state index in [9.17, 15) is 31.5 Å². The van der Waals surface area contributed by atoms with Gasteiger partial charge >= 0.3 is 16.2 Å². The van der Waals surface area contributed by atoms with Gasteiger partial charge in [-0.15, -0.1) is 0 Å². The fourth-order valence-corrected chi connectivity index (χ4v) is 6.45. The highest BCUT2D eigenvalue weighted by Gasteiger charge is 2.35. The number of hydrogen-bond acceptors (Lipinski definition) is 6. The van der Waals surface area contributed by atoms with Crippen molar-refractivity contribution >= 4 is 21.9 Å². The molecule has 0 unspecified atom stereocenters. The van der Waals surface area contributed by atoms with Gasteiger partial charge in [-0.1, -0.05) is 30.3 Å². The number of oxazole rings is 1. The van der Waals surface area contributed by atoms with Gasteiger partial charge in [0.1, 0.15) is 23.9 Å². The zero-order chi connectivity index (χ0) is 30.9.